The van der Waals surface area contributed by atoms with E-state index in [1.165, 1.54) is 0 Å². The van der Waals surface area contributed by atoms with Crippen molar-refractivity contribution >= 4 is 5.91 Å². The summed E-state index contributed by atoms with van der Waals surface area (Å²) >= 11 is 0. The molecule has 104 valence electrons. The fraction of sp³-hybridized carbons (Fsp3) is 0.533. The smallest absolute Gasteiger partial charge is 0.237 e. The molecule has 2 unspecified atom stereocenters. The van der Waals surface area contributed by atoms with E-state index >= 15 is 0 Å². The molecule has 1 aliphatic heterocycles. The molecule has 0 aliphatic carbocycles. The molecule has 19 heavy (non-hydrogen) atoms. The number of hydrogen-bond donors (Lipinski definition) is 2. The standard InChI is InChI=1S/C15H22N2O2/c1-2-6-12(16)15(18)17-13-8-5-10-19-14-9-4-3-7-11(13)14/h3-4,7,9,12-13H,2,5-6,8,10,16H2,1H3,(H,17,18). The maximum atomic E-state index is 12.0. The van der Waals surface area contributed by atoms with Gasteiger partial charge in [0.15, 0.2) is 0 Å². The quantitative estimate of drug-likeness (QED) is 0.873. The molecule has 4 heteroatoms. The van der Waals surface area contributed by atoms with Crippen LogP contribution in [0.2, 0.25) is 0 Å². The van der Waals surface area contributed by atoms with E-state index in [0.29, 0.717) is 6.61 Å². The minimum absolute atomic E-state index is 0.00843. The van der Waals surface area contributed by atoms with E-state index in [1.807, 2.05) is 31.2 Å². The van der Waals surface area contributed by atoms with Crippen LogP contribution < -0.4 is 15.8 Å². The molecule has 3 N–H and O–H groups in total. The normalized spacial score (nSPS) is 19.8. The lowest BCUT2D eigenvalue weighted by molar-refractivity contribution is -0.123. The Morgan fingerprint density at radius 3 is 3.11 bits per heavy atom. The highest BCUT2D eigenvalue weighted by Crippen LogP contribution is 2.31. The molecule has 1 aliphatic rings. The van der Waals surface area contributed by atoms with Crippen LogP contribution in [-0.4, -0.2) is 18.6 Å². The van der Waals surface area contributed by atoms with Crippen LogP contribution in [0.1, 0.15) is 44.2 Å². The third-order valence-electron chi connectivity index (χ3n) is 3.44. The number of fused-ring (bicyclic) bond motifs is 1. The first-order valence-corrected chi connectivity index (χ1v) is 7.00. The predicted molar refractivity (Wildman–Crippen MR) is 74.9 cm³/mol. The molecular weight excluding hydrogens is 240 g/mol. The lowest BCUT2D eigenvalue weighted by Gasteiger charge is -2.20. The fourth-order valence-corrected chi connectivity index (χ4v) is 2.40. The number of nitrogens with two attached hydrogens (primary N) is 1. The monoisotopic (exact) mass is 262 g/mol. The van der Waals surface area contributed by atoms with E-state index in [1.54, 1.807) is 0 Å². The van der Waals surface area contributed by atoms with Crippen LogP contribution in [-0.2, 0) is 4.79 Å². The third kappa shape index (κ3) is 3.47. The van der Waals surface area contributed by atoms with Gasteiger partial charge in [0.2, 0.25) is 5.91 Å². The van der Waals surface area contributed by atoms with Crippen molar-refractivity contribution in [1.29, 1.82) is 0 Å². The van der Waals surface area contributed by atoms with E-state index in [-0.39, 0.29) is 11.9 Å². The van der Waals surface area contributed by atoms with Crippen LogP contribution in [0.3, 0.4) is 0 Å². The summed E-state index contributed by atoms with van der Waals surface area (Å²) in [5.74, 6) is 0.804. The van der Waals surface area contributed by atoms with Crippen LogP contribution in [0, 0.1) is 0 Å². The van der Waals surface area contributed by atoms with E-state index in [2.05, 4.69) is 5.32 Å². The number of hydrogen-bond acceptors (Lipinski definition) is 3. The summed E-state index contributed by atoms with van der Waals surface area (Å²) in [5, 5.41) is 3.06. The Kier molecular flexibility index (Phi) is 4.80. The zero-order valence-corrected chi connectivity index (χ0v) is 11.4. The van der Waals surface area contributed by atoms with E-state index < -0.39 is 6.04 Å². The van der Waals surface area contributed by atoms with Crippen molar-refractivity contribution in [3.8, 4) is 5.75 Å². The van der Waals surface area contributed by atoms with Gasteiger partial charge in [0.1, 0.15) is 5.75 Å². The number of carbonyl (C=O) groups excluding carboxylic acids is 1. The molecule has 0 radical (unpaired) electrons. The van der Waals surface area contributed by atoms with Crippen LogP contribution >= 0.6 is 0 Å². The Morgan fingerprint density at radius 2 is 2.32 bits per heavy atom. The Bertz CT molecular complexity index is 434. The van der Waals surface area contributed by atoms with Crippen molar-refractivity contribution in [2.45, 2.75) is 44.7 Å². The minimum Gasteiger partial charge on any atom is -0.493 e. The number of para-hydroxylation sites is 1. The molecule has 1 heterocycles. The van der Waals surface area contributed by atoms with E-state index in [4.69, 9.17) is 10.5 Å². The zero-order chi connectivity index (χ0) is 13.7. The molecule has 1 aromatic rings. The van der Waals surface area contributed by atoms with Crippen molar-refractivity contribution in [2.24, 2.45) is 5.73 Å². The second-order valence-corrected chi connectivity index (χ2v) is 4.98. The molecule has 0 aromatic heterocycles. The average molecular weight is 262 g/mol. The van der Waals surface area contributed by atoms with Gasteiger partial charge in [-0.3, -0.25) is 4.79 Å². The third-order valence-corrected chi connectivity index (χ3v) is 3.44. The summed E-state index contributed by atoms with van der Waals surface area (Å²) in [6, 6.07) is 7.48. The van der Waals surface area contributed by atoms with Crippen molar-refractivity contribution in [3.63, 3.8) is 0 Å². The second kappa shape index (κ2) is 6.57. The van der Waals surface area contributed by atoms with Gasteiger partial charge in [0.25, 0.3) is 0 Å². The molecule has 4 nitrogen and oxygen atoms in total. The summed E-state index contributed by atoms with van der Waals surface area (Å²) in [4.78, 5) is 12.0. The highest BCUT2D eigenvalue weighted by atomic mass is 16.5. The molecular formula is C15H22N2O2. The number of benzene rings is 1. The maximum absolute atomic E-state index is 12.0. The van der Waals surface area contributed by atoms with E-state index in [0.717, 1.165) is 37.0 Å². The van der Waals surface area contributed by atoms with Crippen LogP contribution in [0.15, 0.2) is 24.3 Å². The Balaban J connectivity index is 2.09. The largest absolute Gasteiger partial charge is 0.493 e. The Labute approximate surface area is 114 Å². The lowest BCUT2D eigenvalue weighted by atomic mass is 10.0. The van der Waals surface area contributed by atoms with Gasteiger partial charge in [0.05, 0.1) is 18.7 Å². The number of amides is 1. The number of nitrogens with one attached hydrogen (secondary N) is 1. The molecule has 0 fully saturated rings. The first-order chi connectivity index (χ1) is 9.22. The highest BCUT2D eigenvalue weighted by molar-refractivity contribution is 5.82. The summed E-state index contributed by atoms with van der Waals surface area (Å²) in [5.41, 5.74) is 6.91. The topological polar surface area (TPSA) is 64.4 Å². The molecule has 1 aromatic carbocycles. The molecule has 0 spiro atoms. The van der Waals surface area contributed by atoms with Crippen molar-refractivity contribution in [1.82, 2.24) is 5.32 Å². The molecule has 0 saturated carbocycles. The Hall–Kier alpha value is -1.55. The zero-order valence-electron chi connectivity index (χ0n) is 11.4. The SMILES string of the molecule is CCCC(N)C(=O)NC1CCCOc2ccccc21. The summed E-state index contributed by atoms with van der Waals surface area (Å²) in [6.45, 7) is 2.73. The van der Waals surface area contributed by atoms with Gasteiger partial charge in [-0.2, -0.15) is 0 Å². The number of ether oxygens (including phenoxy) is 1. The molecule has 2 rings (SSSR count). The van der Waals surface area contributed by atoms with Crippen LogP contribution in [0.25, 0.3) is 0 Å². The van der Waals surface area contributed by atoms with Gasteiger partial charge < -0.3 is 15.8 Å². The highest BCUT2D eigenvalue weighted by Gasteiger charge is 2.23. The summed E-state index contributed by atoms with van der Waals surface area (Å²) < 4.78 is 5.69. The maximum Gasteiger partial charge on any atom is 0.237 e. The van der Waals surface area contributed by atoms with Gasteiger partial charge >= 0.3 is 0 Å². The Morgan fingerprint density at radius 1 is 1.53 bits per heavy atom. The lowest BCUT2D eigenvalue weighted by Crippen LogP contribution is -2.42. The molecule has 1 amide bonds. The summed E-state index contributed by atoms with van der Waals surface area (Å²) in [7, 11) is 0. The molecule has 0 bridgehead atoms. The second-order valence-electron chi connectivity index (χ2n) is 4.98. The van der Waals surface area contributed by atoms with Crippen LogP contribution in [0.4, 0.5) is 0 Å². The van der Waals surface area contributed by atoms with Gasteiger partial charge in [-0.25, -0.2) is 0 Å². The first kappa shape index (κ1) is 13.9. The summed E-state index contributed by atoms with van der Waals surface area (Å²) in [6.07, 6.45) is 3.46. The van der Waals surface area contributed by atoms with Gasteiger partial charge in [-0.15, -0.1) is 0 Å². The van der Waals surface area contributed by atoms with Gasteiger partial charge in [-0.05, 0) is 25.3 Å². The van der Waals surface area contributed by atoms with E-state index in [9.17, 15) is 4.79 Å². The minimum atomic E-state index is -0.415. The van der Waals surface area contributed by atoms with Crippen molar-refractivity contribution < 1.29 is 9.53 Å². The molecule has 0 saturated heterocycles. The first-order valence-electron chi connectivity index (χ1n) is 7.00. The fourth-order valence-electron chi connectivity index (χ4n) is 2.40. The van der Waals surface area contributed by atoms with Crippen molar-refractivity contribution in [2.75, 3.05) is 6.61 Å². The van der Waals surface area contributed by atoms with Crippen molar-refractivity contribution in [3.05, 3.63) is 29.8 Å². The van der Waals surface area contributed by atoms with Crippen LogP contribution in [0.5, 0.6) is 5.75 Å². The van der Waals surface area contributed by atoms with Gasteiger partial charge in [-0.1, -0.05) is 31.5 Å². The average Bonchev–Trinajstić information content (AvgIpc) is 2.62. The molecule has 2 atom stereocenters. The number of carbonyl (C=O) groups is 1. The number of rotatable bonds is 4. The predicted octanol–water partition coefficient (Wildman–Crippen LogP) is 2.14. The van der Waals surface area contributed by atoms with Gasteiger partial charge in [0, 0.05) is 5.56 Å².